The Kier molecular flexibility index (Phi) is 4.07. The highest BCUT2D eigenvalue weighted by atomic mass is 17.1. The minimum atomic E-state index is -1.12. The molecule has 1 aliphatic heterocycles. The molecule has 0 radical (unpaired) electrons. The van der Waals surface area contributed by atoms with E-state index in [1.54, 1.807) is 0 Å². The van der Waals surface area contributed by atoms with E-state index in [1.165, 1.54) is 0 Å². The van der Waals surface area contributed by atoms with E-state index in [0.717, 1.165) is 25.7 Å². The second-order valence-corrected chi connectivity index (χ2v) is 6.31. The molecule has 1 heterocycles. The van der Waals surface area contributed by atoms with Crippen LogP contribution in [0.1, 0.15) is 53.4 Å². The third-order valence-corrected chi connectivity index (χ3v) is 3.42. The van der Waals surface area contributed by atoms with Crippen LogP contribution in [0.15, 0.2) is 0 Å². The maximum atomic E-state index is 5.95. The molecule has 18 heavy (non-hydrogen) atoms. The molecular formula is C10H28N6O2+2. The van der Waals surface area contributed by atoms with Gasteiger partial charge in [0.25, 0.3) is 0 Å². The van der Waals surface area contributed by atoms with E-state index in [1.807, 2.05) is 27.7 Å². The molecule has 8 heteroatoms. The quantitative estimate of drug-likeness (QED) is 0.361. The highest BCUT2D eigenvalue weighted by Crippen LogP contribution is 2.29. The molecule has 0 atom stereocenters. The topological polar surface area (TPSA) is 123 Å². The van der Waals surface area contributed by atoms with E-state index in [0.29, 0.717) is 0 Å². The summed E-state index contributed by atoms with van der Waals surface area (Å²) in [7, 11) is 0. The average molecular weight is 264 g/mol. The molecule has 0 amide bonds. The molecule has 8 N–H and O–H groups in total. The summed E-state index contributed by atoms with van der Waals surface area (Å²) in [5.74, 6) is 23.4. The van der Waals surface area contributed by atoms with Crippen molar-refractivity contribution in [2.45, 2.75) is 64.5 Å². The fourth-order valence-electron chi connectivity index (χ4n) is 2.05. The van der Waals surface area contributed by atoms with Crippen molar-refractivity contribution in [3.8, 4) is 0 Å². The van der Waals surface area contributed by atoms with Gasteiger partial charge >= 0.3 is 0 Å². The van der Waals surface area contributed by atoms with Crippen LogP contribution < -0.4 is 23.4 Å². The first kappa shape index (κ1) is 15.7. The standard InChI is InChI=1S/C10H28N6O2/c1-9(2)7-5-6-8-10(3,4)17-16(13,14)18-15(9,11)12/h5-8,11-14H2,1-4H3/q+2. The lowest BCUT2D eigenvalue weighted by Gasteiger charge is -2.40. The number of nitrogens with two attached hydrogens (primary N) is 4. The molecule has 0 saturated carbocycles. The normalized spacial score (nSPS) is 30.7. The van der Waals surface area contributed by atoms with Crippen LogP contribution in [0, 0.1) is 0 Å². The molecule has 1 aliphatic rings. The van der Waals surface area contributed by atoms with Crippen LogP contribution >= 0.6 is 0 Å². The van der Waals surface area contributed by atoms with Crippen molar-refractivity contribution in [2.24, 2.45) is 23.4 Å². The smallest absolute Gasteiger partial charge is 0.122 e. The molecular weight excluding hydrogens is 236 g/mol. The molecule has 0 bridgehead atoms. The van der Waals surface area contributed by atoms with Crippen LogP contribution in [0.3, 0.4) is 0 Å². The molecule has 1 rings (SSSR count). The van der Waals surface area contributed by atoms with Gasteiger partial charge < -0.3 is 0 Å². The van der Waals surface area contributed by atoms with Crippen molar-refractivity contribution >= 4 is 0 Å². The van der Waals surface area contributed by atoms with Crippen LogP contribution in [0.5, 0.6) is 0 Å². The second-order valence-electron chi connectivity index (χ2n) is 6.31. The molecule has 0 aliphatic carbocycles. The van der Waals surface area contributed by atoms with Crippen molar-refractivity contribution < 1.29 is 19.7 Å². The van der Waals surface area contributed by atoms with Crippen molar-refractivity contribution in [2.75, 3.05) is 0 Å². The minimum absolute atomic E-state index is 0.509. The number of hydroxylamine groups is 1. The maximum absolute atomic E-state index is 5.95. The zero-order valence-corrected chi connectivity index (χ0v) is 11.8. The van der Waals surface area contributed by atoms with Crippen molar-refractivity contribution in [1.82, 2.24) is 0 Å². The summed E-state index contributed by atoms with van der Waals surface area (Å²) < 4.78 is 0. The summed E-state index contributed by atoms with van der Waals surface area (Å²) in [6.07, 6.45) is 3.59. The molecule has 0 spiro atoms. The van der Waals surface area contributed by atoms with Crippen molar-refractivity contribution in [3.63, 3.8) is 0 Å². The molecule has 0 unspecified atom stereocenters. The van der Waals surface area contributed by atoms with E-state index in [9.17, 15) is 0 Å². The van der Waals surface area contributed by atoms with Gasteiger partial charge in [-0.25, -0.2) is 0 Å². The van der Waals surface area contributed by atoms with Crippen LogP contribution in [-0.2, 0) is 9.78 Å². The largest absolute Gasteiger partial charge is 0.168 e. The van der Waals surface area contributed by atoms with Gasteiger partial charge in [-0.15, -0.1) is 16.5 Å². The van der Waals surface area contributed by atoms with Gasteiger partial charge in [0.05, 0.1) is 0 Å². The Morgan fingerprint density at radius 1 is 0.889 bits per heavy atom. The van der Waals surface area contributed by atoms with E-state index in [-0.39, 0.29) is 0 Å². The van der Waals surface area contributed by atoms with Gasteiger partial charge in [-0.3, -0.25) is 0 Å². The van der Waals surface area contributed by atoms with Gasteiger partial charge in [-0.2, -0.15) is 0 Å². The SMILES string of the molecule is CC1(C)CCCCC(C)(C)[N+](N)(N)O[N+](N)(N)O1. The van der Waals surface area contributed by atoms with Gasteiger partial charge in [0, 0.05) is 11.3 Å². The molecule has 1 saturated heterocycles. The van der Waals surface area contributed by atoms with Crippen molar-refractivity contribution in [3.05, 3.63) is 0 Å². The molecule has 0 aromatic rings. The Hall–Kier alpha value is -0.320. The number of nitrogens with zero attached hydrogens (tertiary/aromatic N) is 2. The van der Waals surface area contributed by atoms with Crippen LogP contribution in [0.25, 0.3) is 0 Å². The van der Waals surface area contributed by atoms with Crippen LogP contribution in [0.2, 0.25) is 0 Å². The lowest BCUT2D eigenvalue weighted by Crippen LogP contribution is -2.79. The first-order valence-electron chi connectivity index (χ1n) is 6.22. The van der Waals surface area contributed by atoms with Gasteiger partial charge in [-0.1, -0.05) is 18.1 Å². The van der Waals surface area contributed by atoms with E-state index in [4.69, 9.17) is 33.1 Å². The predicted molar refractivity (Wildman–Crippen MR) is 66.1 cm³/mol. The maximum Gasteiger partial charge on any atom is 0.168 e. The Balaban J connectivity index is 2.97. The highest BCUT2D eigenvalue weighted by Gasteiger charge is 2.52. The van der Waals surface area contributed by atoms with Gasteiger partial charge in [0.1, 0.15) is 10.5 Å². The zero-order valence-electron chi connectivity index (χ0n) is 11.8. The Bertz CT molecular complexity index is 303. The second kappa shape index (κ2) is 4.66. The third kappa shape index (κ3) is 3.84. The Labute approximate surface area is 108 Å². The fourth-order valence-corrected chi connectivity index (χ4v) is 2.05. The summed E-state index contributed by atoms with van der Waals surface area (Å²) in [4.78, 5) is 10.1. The predicted octanol–water partition coefficient (Wildman–Crippen LogP) is 0.0242. The summed E-state index contributed by atoms with van der Waals surface area (Å²) in [5, 5.41) is -1.12. The lowest BCUT2D eigenvalue weighted by molar-refractivity contribution is -1.45. The number of quaternary nitrogens is 2. The summed E-state index contributed by atoms with van der Waals surface area (Å²) >= 11 is 0. The molecule has 1 fully saturated rings. The monoisotopic (exact) mass is 264 g/mol. The fraction of sp³-hybridized carbons (Fsp3) is 1.00. The Morgan fingerprint density at radius 2 is 1.39 bits per heavy atom. The molecule has 0 aromatic carbocycles. The first-order valence-corrected chi connectivity index (χ1v) is 6.22. The average Bonchev–Trinajstić information content (AvgIpc) is 2.06. The van der Waals surface area contributed by atoms with Crippen LogP contribution in [-0.4, -0.2) is 21.0 Å². The summed E-state index contributed by atoms with van der Waals surface area (Å²) in [6.45, 7) is 7.61. The lowest BCUT2D eigenvalue weighted by atomic mass is 9.93. The molecule has 108 valence electrons. The summed E-state index contributed by atoms with van der Waals surface area (Å²) in [6, 6.07) is 0. The van der Waals surface area contributed by atoms with Gasteiger partial charge in [0.15, 0.2) is 10.6 Å². The summed E-state index contributed by atoms with van der Waals surface area (Å²) in [5.41, 5.74) is -1.03. The van der Waals surface area contributed by atoms with Crippen LogP contribution in [0.4, 0.5) is 0 Å². The highest BCUT2D eigenvalue weighted by molar-refractivity contribution is 4.70. The number of rotatable bonds is 0. The van der Waals surface area contributed by atoms with E-state index >= 15 is 0 Å². The third-order valence-electron chi connectivity index (χ3n) is 3.42. The van der Waals surface area contributed by atoms with Crippen molar-refractivity contribution in [1.29, 1.82) is 0 Å². The molecule has 0 aromatic heterocycles. The minimum Gasteiger partial charge on any atom is -0.122 e. The molecule has 8 nitrogen and oxygen atoms in total. The number of hydrogen-bond donors (Lipinski definition) is 4. The van der Waals surface area contributed by atoms with Gasteiger partial charge in [-0.05, 0) is 40.5 Å². The zero-order chi connectivity index (χ0) is 14.2. The first-order chi connectivity index (χ1) is 7.87. The van der Waals surface area contributed by atoms with E-state index in [2.05, 4.69) is 0 Å². The number of hydrogen-bond acceptors (Lipinski definition) is 6. The van der Waals surface area contributed by atoms with Gasteiger partial charge in [0.2, 0.25) is 0 Å². The Morgan fingerprint density at radius 3 is 1.94 bits per heavy atom. The van der Waals surface area contributed by atoms with E-state index < -0.39 is 21.0 Å².